The highest BCUT2D eigenvalue weighted by molar-refractivity contribution is 9.10. The van der Waals surface area contributed by atoms with E-state index in [1.807, 2.05) is 12.1 Å². The summed E-state index contributed by atoms with van der Waals surface area (Å²) < 4.78 is 2.81. The standard InChI is InChI=1S/C15H17BrN4/c1-3-6-18-11(2)13-5-4-12(9-14(13)16)20-8-7-19-15(20)10-17/h4-5,7-9,11,18H,3,6H2,1-2H3. The summed E-state index contributed by atoms with van der Waals surface area (Å²) in [6, 6.07) is 8.47. The van der Waals surface area contributed by atoms with E-state index in [-0.39, 0.29) is 6.04 Å². The average Bonchev–Trinajstić information content (AvgIpc) is 2.93. The molecule has 0 amide bonds. The van der Waals surface area contributed by atoms with Crippen molar-refractivity contribution in [3.05, 3.63) is 46.5 Å². The van der Waals surface area contributed by atoms with Crippen molar-refractivity contribution in [2.75, 3.05) is 6.54 Å². The van der Waals surface area contributed by atoms with Gasteiger partial charge in [-0.25, -0.2) is 4.98 Å². The Kier molecular flexibility index (Phi) is 4.94. The summed E-state index contributed by atoms with van der Waals surface area (Å²) in [5.74, 6) is 0.391. The van der Waals surface area contributed by atoms with Crippen LogP contribution in [0.15, 0.2) is 35.1 Å². The molecule has 104 valence electrons. The van der Waals surface area contributed by atoms with Crippen LogP contribution in [0.1, 0.15) is 37.7 Å². The molecule has 0 aliphatic heterocycles. The van der Waals surface area contributed by atoms with Gasteiger partial charge in [-0.15, -0.1) is 0 Å². The number of benzene rings is 1. The van der Waals surface area contributed by atoms with Crippen LogP contribution in [0.3, 0.4) is 0 Å². The lowest BCUT2D eigenvalue weighted by atomic mass is 10.1. The van der Waals surface area contributed by atoms with Crippen molar-refractivity contribution < 1.29 is 0 Å². The maximum absolute atomic E-state index is 9.02. The van der Waals surface area contributed by atoms with Gasteiger partial charge >= 0.3 is 0 Å². The first-order chi connectivity index (χ1) is 9.67. The van der Waals surface area contributed by atoms with E-state index in [1.54, 1.807) is 17.0 Å². The highest BCUT2D eigenvalue weighted by atomic mass is 79.9. The van der Waals surface area contributed by atoms with E-state index >= 15 is 0 Å². The number of halogens is 1. The van der Waals surface area contributed by atoms with Gasteiger partial charge in [0, 0.05) is 28.6 Å². The smallest absolute Gasteiger partial charge is 0.217 e. The number of hydrogen-bond acceptors (Lipinski definition) is 3. The molecule has 0 aliphatic carbocycles. The molecular formula is C15H17BrN4. The Morgan fingerprint density at radius 1 is 1.50 bits per heavy atom. The summed E-state index contributed by atoms with van der Waals surface area (Å²) in [4.78, 5) is 4.01. The number of aromatic nitrogens is 2. The van der Waals surface area contributed by atoms with Crippen molar-refractivity contribution in [1.82, 2.24) is 14.9 Å². The first-order valence-corrected chi connectivity index (χ1v) is 7.43. The van der Waals surface area contributed by atoms with Crippen molar-refractivity contribution in [1.29, 1.82) is 5.26 Å². The molecular weight excluding hydrogens is 316 g/mol. The minimum atomic E-state index is 0.289. The molecule has 0 aliphatic rings. The number of imidazole rings is 1. The molecule has 0 saturated heterocycles. The van der Waals surface area contributed by atoms with Crippen LogP contribution in [0.25, 0.3) is 5.69 Å². The van der Waals surface area contributed by atoms with Gasteiger partial charge in [0.25, 0.3) is 0 Å². The number of nitrogens with one attached hydrogen (secondary N) is 1. The molecule has 1 heterocycles. The van der Waals surface area contributed by atoms with Crippen LogP contribution in [-0.2, 0) is 0 Å². The van der Waals surface area contributed by atoms with Crippen molar-refractivity contribution in [2.24, 2.45) is 0 Å². The minimum Gasteiger partial charge on any atom is -0.310 e. The van der Waals surface area contributed by atoms with Gasteiger partial charge in [0.05, 0.1) is 0 Å². The van der Waals surface area contributed by atoms with Crippen LogP contribution in [0.5, 0.6) is 0 Å². The molecule has 2 aromatic rings. The molecule has 0 radical (unpaired) electrons. The summed E-state index contributed by atoms with van der Waals surface area (Å²) in [6.07, 6.45) is 4.53. The van der Waals surface area contributed by atoms with Gasteiger partial charge in [-0.05, 0) is 37.6 Å². The average molecular weight is 333 g/mol. The van der Waals surface area contributed by atoms with Crippen molar-refractivity contribution in [2.45, 2.75) is 26.3 Å². The zero-order valence-electron chi connectivity index (χ0n) is 11.6. The monoisotopic (exact) mass is 332 g/mol. The third kappa shape index (κ3) is 3.09. The van der Waals surface area contributed by atoms with Gasteiger partial charge < -0.3 is 5.32 Å². The first-order valence-electron chi connectivity index (χ1n) is 6.64. The molecule has 0 saturated carbocycles. The van der Waals surface area contributed by atoms with E-state index in [4.69, 9.17) is 5.26 Å². The third-order valence-corrected chi connectivity index (χ3v) is 3.86. The van der Waals surface area contributed by atoms with Gasteiger partial charge in [-0.2, -0.15) is 5.26 Å². The number of hydrogen-bond donors (Lipinski definition) is 1. The second kappa shape index (κ2) is 6.69. The van der Waals surface area contributed by atoms with E-state index in [2.05, 4.69) is 52.2 Å². The normalized spacial score (nSPS) is 12.1. The van der Waals surface area contributed by atoms with Gasteiger partial charge in [0.15, 0.2) is 0 Å². The maximum Gasteiger partial charge on any atom is 0.217 e. The summed E-state index contributed by atoms with van der Waals surface area (Å²) in [5, 5.41) is 12.5. The Bertz CT molecular complexity index is 627. The second-order valence-electron chi connectivity index (χ2n) is 4.61. The van der Waals surface area contributed by atoms with Gasteiger partial charge in [0.1, 0.15) is 6.07 Å². The van der Waals surface area contributed by atoms with Crippen molar-refractivity contribution in [3.63, 3.8) is 0 Å². The maximum atomic E-state index is 9.02. The Hall–Kier alpha value is -1.64. The Balaban J connectivity index is 2.28. The molecule has 1 atom stereocenters. The van der Waals surface area contributed by atoms with Crippen molar-refractivity contribution in [3.8, 4) is 11.8 Å². The fraction of sp³-hybridized carbons (Fsp3) is 0.333. The fourth-order valence-electron chi connectivity index (χ4n) is 2.08. The van der Waals surface area contributed by atoms with Crippen LogP contribution >= 0.6 is 15.9 Å². The first kappa shape index (κ1) is 14.8. The molecule has 0 spiro atoms. The van der Waals surface area contributed by atoms with E-state index in [1.165, 1.54) is 5.56 Å². The van der Waals surface area contributed by atoms with Gasteiger partial charge in [-0.1, -0.05) is 28.9 Å². The zero-order valence-corrected chi connectivity index (χ0v) is 13.2. The Labute approximate surface area is 127 Å². The molecule has 4 nitrogen and oxygen atoms in total. The molecule has 1 aromatic heterocycles. The van der Waals surface area contributed by atoms with Crippen LogP contribution < -0.4 is 5.32 Å². The lowest BCUT2D eigenvalue weighted by Crippen LogP contribution is -2.19. The van der Waals surface area contributed by atoms with E-state index in [0.29, 0.717) is 5.82 Å². The van der Waals surface area contributed by atoms with Crippen molar-refractivity contribution >= 4 is 15.9 Å². The molecule has 20 heavy (non-hydrogen) atoms. The van der Waals surface area contributed by atoms with Gasteiger partial charge in [0.2, 0.25) is 5.82 Å². The zero-order chi connectivity index (χ0) is 14.5. The summed E-state index contributed by atoms with van der Waals surface area (Å²) in [7, 11) is 0. The summed E-state index contributed by atoms with van der Waals surface area (Å²) in [6.45, 7) is 5.29. The highest BCUT2D eigenvalue weighted by Gasteiger charge is 2.11. The molecule has 5 heteroatoms. The largest absolute Gasteiger partial charge is 0.310 e. The minimum absolute atomic E-state index is 0.289. The lowest BCUT2D eigenvalue weighted by Gasteiger charge is -2.16. The predicted molar refractivity (Wildman–Crippen MR) is 82.7 cm³/mol. The second-order valence-corrected chi connectivity index (χ2v) is 5.47. The van der Waals surface area contributed by atoms with Crippen LogP contribution in [0.4, 0.5) is 0 Å². The van der Waals surface area contributed by atoms with E-state index in [0.717, 1.165) is 23.1 Å². The molecule has 0 fully saturated rings. The third-order valence-electron chi connectivity index (χ3n) is 3.17. The molecule has 1 aromatic carbocycles. The highest BCUT2D eigenvalue weighted by Crippen LogP contribution is 2.26. The molecule has 1 N–H and O–H groups in total. The summed E-state index contributed by atoms with van der Waals surface area (Å²) >= 11 is 3.62. The topological polar surface area (TPSA) is 53.6 Å². The van der Waals surface area contributed by atoms with E-state index in [9.17, 15) is 0 Å². The van der Waals surface area contributed by atoms with Crippen LogP contribution in [0, 0.1) is 11.3 Å². The lowest BCUT2D eigenvalue weighted by molar-refractivity contribution is 0.569. The summed E-state index contributed by atoms with van der Waals surface area (Å²) in [5.41, 5.74) is 2.14. The van der Waals surface area contributed by atoms with Crippen LogP contribution in [0.2, 0.25) is 0 Å². The van der Waals surface area contributed by atoms with Gasteiger partial charge in [-0.3, -0.25) is 4.57 Å². The number of nitriles is 1. The van der Waals surface area contributed by atoms with E-state index < -0.39 is 0 Å². The quantitative estimate of drug-likeness (QED) is 0.910. The predicted octanol–water partition coefficient (Wildman–Crippen LogP) is 3.57. The molecule has 2 rings (SSSR count). The molecule has 1 unspecified atom stereocenters. The van der Waals surface area contributed by atoms with Crippen LogP contribution in [-0.4, -0.2) is 16.1 Å². The number of nitrogens with zero attached hydrogens (tertiary/aromatic N) is 3. The Morgan fingerprint density at radius 3 is 2.95 bits per heavy atom. The fourth-order valence-corrected chi connectivity index (χ4v) is 2.79. The molecule has 0 bridgehead atoms. The number of rotatable bonds is 5. The Morgan fingerprint density at radius 2 is 2.30 bits per heavy atom. The SMILES string of the molecule is CCCNC(C)c1ccc(-n2ccnc2C#N)cc1Br.